The van der Waals surface area contributed by atoms with Gasteiger partial charge in [0.05, 0.1) is 15.7 Å². The van der Waals surface area contributed by atoms with Crippen molar-refractivity contribution < 1.29 is 0 Å². The molecule has 0 unspecified atom stereocenters. The highest BCUT2D eigenvalue weighted by Gasteiger charge is 2.08. The van der Waals surface area contributed by atoms with Gasteiger partial charge >= 0.3 is 0 Å². The number of nitriles is 1. The van der Waals surface area contributed by atoms with Gasteiger partial charge in [0, 0.05) is 12.4 Å². The summed E-state index contributed by atoms with van der Waals surface area (Å²) in [6, 6.07) is 7.10. The Morgan fingerprint density at radius 3 is 2.71 bits per heavy atom. The molecule has 1 heterocycles. The van der Waals surface area contributed by atoms with E-state index in [1.54, 1.807) is 18.2 Å². The Labute approximate surface area is 108 Å². The zero-order valence-electron chi connectivity index (χ0n) is 8.48. The van der Waals surface area contributed by atoms with Crippen molar-refractivity contribution in [2.24, 2.45) is 0 Å². The van der Waals surface area contributed by atoms with Crippen LogP contribution in [0, 0.1) is 11.3 Å². The van der Waals surface area contributed by atoms with Gasteiger partial charge in [0.2, 0.25) is 0 Å². The molecule has 2 aromatic rings. The van der Waals surface area contributed by atoms with E-state index in [0.717, 1.165) is 0 Å². The van der Waals surface area contributed by atoms with Crippen molar-refractivity contribution in [2.45, 2.75) is 0 Å². The highest BCUT2D eigenvalue weighted by atomic mass is 35.5. The molecule has 84 valence electrons. The lowest BCUT2D eigenvalue weighted by Crippen LogP contribution is -1.99. The number of rotatable bonds is 2. The minimum absolute atomic E-state index is 0.198. The summed E-state index contributed by atoms with van der Waals surface area (Å²) in [6.07, 6.45) is 2.94. The summed E-state index contributed by atoms with van der Waals surface area (Å²) >= 11 is 11.9. The van der Waals surface area contributed by atoms with Gasteiger partial charge in [-0.25, -0.2) is 9.97 Å². The molecule has 0 aliphatic rings. The smallest absolute Gasteiger partial charge is 0.183 e. The Bertz CT molecular complexity index is 592. The van der Waals surface area contributed by atoms with E-state index in [9.17, 15) is 0 Å². The quantitative estimate of drug-likeness (QED) is 0.903. The van der Waals surface area contributed by atoms with E-state index in [4.69, 9.17) is 28.5 Å². The van der Waals surface area contributed by atoms with Crippen LogP contribution in [0.5, 0.6) is 0 Å². The lowest BCUT2D eigenvalue weighted by Gasteiger charge is -2.08. The van der Waals surface area contributed by atoms with Gasteiger partial charge in [-0.3, -0.25) is 0 Å². The fourth-order valence-corrected chi connectivity index (χ4v) is 1.59. The van der Waals surface area contributed by atoms with E-state index >= 15 is 0 Å². The van der Waals surface area contributed by atoms with Gasteiger partial charge in [-0.15, -0.1) is 0 Å². The summed E-state index contributed by atoms with van der Waals surface area (Å²) in [7, 11) is 0. The summed E-state index contributed by atoms with van der Waals surface area (Å²) < 4.78 is 0. The number of anilines is 2. The third kappa shape index (κ3) is 2.47. The van der Waals surface area contributed by atoms with Crippen molar-refractivity contribution in [3.8, 4) is 6.07 Å². The molecule has 0 fully saturated rings. The summed E-state index contributed by atoms with van der Waals surface area (Å²) in [5.41, 5.74) is 0.778. The van der Waals surface area contributed by atoms with Crippen LogP contribution in [0.3, 0.4) is 0 Å². The first-order valence-corrected chi connectivity index (χ1v) is 5.40. The van der Waals surface area contributed by atoms with Crippen molar-refractivity contribution in [2.75, 3.05) is 5.32 Å². The predicted octanol–water partition coefficient (Wildman–Crippen LogP) is 3.40. The number of hydrogen-bond acceptors (Lipinski definition) is 4. The first-order chi connectivity index (χ1) is 8.22. The second-order valence-electron chi connectivity index (χ2n) is 3.09. The molecule has 0 saturated carbocycles. The first kappa shape index (κ1) is 11.6. The molecule has 17 heavy (non-hydrogen) atoms. The molecule has 0 aliphatic heterocycles. The zero-order valence-corrected chi connectivity index (χ0v) is 10.00. The molecule has 0 spiro atoms. The fraction of sp³-hybridized carbons (Fsp3) is 0. The van der Waals surface area contributed by atoms with Crippen LogP contribution >= 0.6 is 23.2 Å². The van der Waals surface area contributed by atoms with Gasteiger partial charge in [0.1, 0.15) is 6.07 Å². The van der Waals surface area contributed by atoms with Crippen LogP contribution in [0.1, 0.15) is 5.69 Å². The second-order valence-corrected chi connectivity index (χ2v) is 3.88. The zero-order chi connectivity index (χ0) is 12.3. The Hall–Kier alpha value is -1.83. The third-order valence-electron chi connectivity index (χ3n) is 2.01. The standard InChI is InChI=1S/C11H6Cl2N4/c12-7-2-1-3-8(10(7)13)17-11-9(6-14)15-4-5-16-11/h1-5H,(H,16,17). The second kappa shape index (κ2) is 5.00. The van der Waals surface area contributed by atoms with Gasteiger partial charge in [0.25, 0.3) is 0 Å². The van der Waals surface area contributed by atoms with Crippen LogP contribution in [-0.2, 0) is 0 Å². The minimum atomic E-state index is 0.198. The summed E-state index contributed by atoms with van der Waals surface area (Å²) in [4.78, 5) is 7.90. The normalized spacial score (nSPS) is 9.71. The van der Waals surface area contributed by atoms with Gasteiger partial charge in [-0.1, -0.05) is 29.3 Å². The van der Waals surface area contributed by atoms with E-state index in [2.05, 4.69) is 15.3 Å². The van der Waals surface area contributed by atoms with E-state index in [1.807, 2.05) is 6.07 Å². The average Bonchev–Trinajstić information content (AvgIpc) is 2.35. The lowest BCUT2D eigenvalue weighted by molar-refractivity contribution is 1.16. The Kier molecular flexibility index (Phi) is 3.43. The Balaban J connectivity index is 2.39. The molecule has 0 bridgehead atoms. The van der Waals surface area contributed by atoms with Gasteiger partial charge in [-0.05, 0) is 12.1 Å². The molecular formula is C11H6Cl2N4. The molecule has 4 nitrogen and oxygen atoms in total. The van der Waals surface area contributed by atoms with E-state index in [-0.39, 0.29) is 5.69 Å². The third-order valence-corrected chi connectivity index (χ3v) is 2.83. The van der Waals surface area contributed by atoms with E-state index in [0.29, 0.717) is 21.6 Å². The lowest BCUT2D eigenvalue weighted by atomic mass is 10.3. The number of nitrogens with one attached hydrogen (secondary N) is 1. The van der Waals surface area contributed by atoms with E-state index in [1.165, 1.54) is 12.4 Å². The Morgan fingerprint density at radius 2 is 1.94 bits per heavy atom. The number of hydrogen-bond donors (Lipinski definition) is 1. The summed E-state index contributed by atoms with van der Waals surface area (Å²) in [5.74, 6) is 0.346. The molecule has 2 rings (SSSR count). The monoisotopic (exact) mass is 264 g/mol. The molecule has 0 radical (unpaired) electrons. The predicted molar refractivity (Wildman–Crippen MR) is 66.5 cm³/mol. The highest BCUT2D eigenvalue weighted by Crippen LogP contribution is 2.31. The molecule has 0 aliphatic carbocycles. The van der Waals surface area contributed by atoms with Gasteiger partial charge < -0.3 is 5.32 Å². The maximum absolute atomic E-state index is 8.87. The maximum Gasteiger partial charge on any atom is 0.183 e. The molecule has 0 amide bonds. The number of nitrogens with zero attached hydrogens (tertiary/aromatic N) is 3. The average molecular weight is 265 g/mol. The molecule has 0 saturated heterocycles. The minimum Gasteiger partial charge on any atom is -0.337 e. The number of benzene rings is 1. The molecule has 1 aromatic heterocycles. The van der Waals surface area contributed by atoms with Crippen molar-refractivity contribution in [1.29, 1.82) is 5.26 Å². The maximum atomic E-state index is 8.87. The molecule has 1 aromatic carbocycles. The van der Waals surface area contributed by atoms with Crippen LogP contribution in [-0.4, -0.2) is 9.97 Å². The fourth-order valence-electron chi connectivity index (χ4n) is 1.24. The SMILES string of the molecule is N#Cc1nccnc1Nc1cccc(Cl)c1Cl. The van der Waals surface area contributed by atoms with Crippen LogP contribution in [0.4, 0.5) is 11.5 Å². The number of halogens is 2. The van der Waals surface area contributed by atoms with Gasteiger partial charge in [-0.2, -0.15) is 5.26 Å². The number of aromatic nitrogens is 2. The highest BCUT2D eigenvalue weighted by molar-refractivity contribution is 6.43. The van der Waals surface area contributed by atoms with Gasteiger partial charge in [0.15, 0.2) is 11.5 Å². The Morgan fingerprint density at radius 1 is 1.18 bits per heavy atom. The summed E-state index contributed by atoms with van der Waals surface area (Å²) in [5, 5.41) is 12.6. The molecular weight excluding hydrogens is 259 g/mol. The van der Waals surface area contributed by atoms with Crippen LogP contribution in [0.2, 0.25) is 10.0 Å². The van der Waals surface area contributed by atoms with E-state index < -0.39 is 0 Å². The summed E-state index contributed by atoms with van der Waals surface area (Å²) in [6.45, 7) is 0. The molecule has 0 atom stereocenters. The van der Waals surface area contributed by atoms with Crippen LogP contribution < -0.4 is 5.32 Å². The molecule has 1 N–H and O–H groups in total. The van der Waals surface area contributed by atoms with Crippen molar-refractivity contribution in [3.05, 3.63) is 46.3 Å². The van der Waals surface area contributed by atoms with Crippen LogP contribution in [0.15, 0.2) is 30.6 Å². The van der Waals surface area contributed by atoms with Crippen molar-refractivity contribution >= 4 is 34.7 Å². The first-order valence-electron chi connectivity index (χ1n) is 4.64. The largest absolute Gasteiger partial charge is 0.337 e. The molecule has 6 heteroatoms. The van der Waals surface area contributed by atoms with Crippen molar-refractivity contribution in [1.82, 2.24) is 9.97 Å². The van der Waals surface area contributed by atoms with Crippen LogP contribution in [0.25, 0.3) is 0 Å². The topological polar surface area (TPSA) is 61.6 Å². The van der Waals surface area contributed by atoms with Crippen molar-refractivity contribution in [3.63, 3.8) is 0 Å².